The maximum absolute atomic E-state index is 11.0. The molecular weight excluding hydrogens is 591 g/mol. The maximum Gasteiger partial charge on any atom is 0.329 e. The summed E-state index contributed by atoms with van der Waals surface area (Å²) >= 11 is 0. The van der Waals surface area contributed by atoms with Gasteiger partial charge < -0.3 is 20.0 Å². The predicted octanol–water partition coefficient (Wildman–Crippen LogP) is 12.8. The van der Waals surface area contributed by atoms with Crippen LogP contribution < -0.4 is 0 Å². The lowest BCUT2D eigenvalue weighted by atomic mass is 9.84. The summed E-state index contributed by atoms with van der Waals surface area (Å²) in [6.07, 6.45) is 36.8. The Bertz CT molecular complexity index is 847. The van der Waals surface area contributed by atoms with Gasteiger partial charge in [-0.25, -0.2) is 0 Å². The Kier molecular flexibility index (Phi) is 28.5. The number of aliphatic hydroxyl groups excluding tert-OH is 1. The lowest BCUT2D eigenvalue weighted by molar-refractivity contribution is 0.282. The minimum absolute atomic E-state index is 0.201. The molecule has 0 bridgehead atoms. The molecule has 0 heterocycles. The average molecular weight is 669 g/mol. The summed E-state index contributed by atoms with van der Waals surface area (Å²) in [7, 11) is -4.08. The van der Waals surface area contributed by atoms with Crippen molar-refractivity contribution >= 4 is 7.60 Å². The minimum Gasteiger partial charge on any atom is -0.507 e. The Labute approximate surface area is 285 Å². The fourth-order valence-electron chi connectivity index (χ4n) is 6.18. The molecule has 5 nitrogen and oxygen atoms in total. The Morgan fingerprint density at radius 2 is 0.870 bits per heavy atom. The smallest absolute Gasteiger partial charge is 0.329 e. The molecule has 0 aliphatic heterocycles. The van der Waals surface area contributed by atoms with Crippen LogP contribution in [-0.4, -0.2) is 26.6 Å². The number of hydrogen-bond donors (Lipinski definition) is 4. The van der Waals surface area contributed by atoms with Crippen LogP contribution in [0.5, 0.6) is 5.75 Å². The fourth-order valence-corrected chi connectivity index (χ4v) is 6.84. The zero-order chi connectivity index (χ0) is 34.5. The molecule has 0 saturated carbocycles. The second-order valence-corrected chi connectivity index (χ2v) is 16.6. The Balaban J connectivity index is 0.00000100. The van der Waals surface area contributed by atoms with Crippen LogP contribution >= 0.6 is 7.60 Å². The van der Waals surface area contributed by atoms with Crippen LogP contribution in [-0.2, 0) is 16.1 Å². The second kappa shape index (κ2) is 29.1. The van der Waals surface area contributed by atoms with Gasteiger partial charge in [-0.1, -0.05) is 200 Å². The molecule has 0 saturated heterocycles. The van der Waals surface area contributed by atoms with Crippen LogP contribution in [0.25, 0.3) is 0 Å². The number of rotatable bonds is 28. The van der Waals surface area contributed by atoms with Crippen LogP contribution in [0.1, 0.15) is 211 Å². The van der Waals surface area contributed by atoms with E-state index in [1.165, 1.54) is 161 Å². The lowest BCUT2D eigenvalue weighted by Gasteiger charge is -2.22. The summed E-state index contributed by atoms with van der Waals surface area (Å²) in [5.41, 5.74) is 1.64. The molecule has 0 aliphatic rings. The fraction of sp³-hybridized carbons (Fsp3) is 0.850. The molecule has 0 spiro atoms. The predicted molar refractivity (Wildman–Crippen MR) is 200 cm³/mol. The van der Waals surface area contributed by atoms with E-state index in [0.29, 0.717) is 23.3 Å². The molecule has 0 atom stereocenters. The van der Waals surface area contributed by atoms with Crippen molar-refractivity contribution in [3.63, 3.8) is 0 Å². The third-order valence-corrected chi connectivity index (χ3v) is 9.85. The maximum atomic E-state index is 11.0. The summed E-state index contributed by atoms with van der Waals surface area (Å²) in [6, 6.07) is 3.28. The van der Waals surface area contributed by atoms with Gasteiger partial charge in [0.15, 0.2) is 0 Å². The van der Waals surface area contributed by atoms with E-state index in [4.69, 9.17) is 14.9 Å². The number of aryl methyl sites for hydroxylation is 1. The lowest BCUT2D eigenvalue weighted by Crippen LogP contribution is -2.12. The standard InChI is InChI=1S/C28H58O.C12H19O4P/c1-2-3-4-5-6-7-8-9-10-11-12-13-14-15-16-17-18-19-20-21-22-23-24-25-26-27-28-29;1-8-5-9(7-17(14,15)16)6-10(11(8)13)12(2,3)4/h29H,2-28H2,1H3;5-6,13H,7H2,1-4H3,(H2,14,15,16). The van der Waals surface area contributed by atoms with Gasteiger partial charge in [0.1, 0.15) is 5.75 Å². The van der Waals surface area contributed by atoms with Gasteiger partial charge in [0.25, 0.3) is 0 Å². The van der Waals surface area contributed by atoms with Crippen LogP contribution in [0, 0.1) is 6.92 Å². The van der Waals surface area contributed by atoms with Crippen LogP contribution in [0.15, 0.2) is 12.1 Å². The van der Waals surface area contributed by atoms with Crippen molar-refractivity contribution in [3.05, 3.63) is 28.8 Å². The monoisotopic (exact) mass is 669 g/mol. The molecule has 6 heteroatoms. The third-order valence-electron chi connectivity index (χ3n) is 9.07. The molecule has 1 aromatic carbocycles. The van der Waals surface area contributed by atoms with Crippen LogP contribution in [0.2, 0.25) is 0 Å². The summed E-state index contributed by atoms with van der Waals surface area (Å²) in [6.45, 7) is 10.2. The summed E-state index contributed by atoms with van der Waals surface area (Å²) < 4.78 is 11.0. The highest BCUT2D eigenvalue weighted by atomic mass is 31.2. The number of aromatic hydroxyl groups is 1. The largest absolute Gasteiger partial charge is 0.507 e. The minimum atomic E-state index is -4.08. The molecule has 4 N–H and O–H groups in total. The van der Waals surface area contributed by atoms with Crippen LogP contribution in [0.4, 0.5) is 0 Å². The normalized spacial score (nSPS) is 11.9. The van der Waals surface area contributed by atoms with E-state index in [9.17, 15) is 9.67 Å². The molecule has 272 valence electrons. The molecule has 0 fully saturated rings. The molecule has 46 heavy (non-hydrogen) atoms. The second-order valence-electron chi connectivity index (χ2n) is 14.9. The summed E-state index contributed by atoms with van der Waals surface area (Å²) in [5.74, 6) is 0.201. The number of aliphatic hydroxyl groups is 1. The molecular formula is C40H77O5P. The van der Waals surface area contributed by atoms with E-state index < -0.39 is 7.60 Å². The number of phenolic OH excluding ortho intramolecular Hbond substituents is 1. The van der Waals surface area contributed by atoms with E-state index in [1.807, 2.05) is 20.8 Å². The van der Waals surface area contributed by atoms with Crippen molar-refractivity contribution in [3.8, 4) is 5.75 Å². The van der Waals surface area contributed by atoms with Gasteiger partial charge >= 0.3 is 7.60 Å². The summed E-state index contributed by atoms with van der Waals surface area (Å²) in [4.78, 5) is 17.9. The van der Waals surface area contributed by atoms with E-state index in [-0.39, 0.29) is 17.3 Å². The molecule has 0 aromatic heterocycles. The topological polar surface area (TPSA) is 98.0 Å². The van der Waals surface area contributed by atoms with E-state index in [0.717, 1.165) is 6.42 Å². The Morgan fingerprint density at radius 3 is 1.13 bits per heavy atom. The Hall–Kier alpha value is -0.870. The molecule has 0 aliphatic carbocycles. The van der Waals surface area contributed by atoms with E-state index in [2.05, 4.69) is 6.92 Å². The highest BCUT2D eigenvalue weighted by Gasteiger charge is 2.22. The van der Waals surface area contributed by atoms with Gasteiger partial charge in [-0.2, -0.15) is 0 Å². The first-order valence-electron chi connectivity index (χ1n) is 19.4. The molecule has 0 unspecified atom stereocenters. The zero-order valence-corrected chi connectivity index (χ0v) is 32.0. The van der Waals surface area contributed by atoms with Crippen molar-refractivity contribution in [1.82, 2.24) is 0 Å². The number of phenols is 1. The number of unbranched alkanes of at least 4 members (excludes halogenated alkanes) is 25. The van der Waals surface area contributed by atoms with Crippen molar-refractivity contribution in [2.75, 3.05) is 6.61 Å². The van der Waals surface area contributed by atoms with Gasteiger partial charge in [0.2, 0.25) is 0 Å². The van der Waals surface area contributed by atoms with Gasteiger partial charge in [-0.3, -0.25) is 4.57 Å². The first-order valence-corrected chi connectivity index (χ1v) is 21.2. The third kappa shape index (κ3) is 28.2. The molecule has 0 radical (unpaired) electrons. The molecule has 1 aromatic rings. The van der Waals surface area contributed by atoms with Crippen LogP contribution in [0.3, 0.4) is 0 Å². The van der Waals surface area contributed by atoms with Gasteiger partial charge in [-0.15, -0.1) is 0 Å². The Morgan fingerprint density at radius 1 is 0.565 bits per heavy atom. The van der Waals surface area contributed by atoms with Crippen molar-refractivity contribution in [2.24, 2.45) is 0 Å². The quantitative estimate of drug-likeness (QED) is 0.0526. The number of benzene rings is 1. The highest BCUT2D eigenvalue weighted by molar-refractivity contribution is 7.50. The van der Waals surface area contributed by atoms with E-state index >= 15 is 0 Å². The zero-order valence-electron chi connectivity index (χ0n) is 31.1. The van der Waals surface area contributed by atoms with Crippen molar-refractivity contribution < 1.29 is 24.6 Å². The van der Waals surface area contributed by atoms with Gasteiger partial charge in [0.05, 0.1) is 6.16 Å². The van der Waals surface area contributed by atoms with Gasteiger partial charge in [-0.05, 0) is 35.4 Å². The highest BCUT2D eigenvalue weighted by Crippen LogP contribution is 2.42. The van der Waals surface area contributed by atoms with Crippen molar-refractivity contribution in [2.45, 2.75) is 213 Å². The molecule has 1 rings (SSSR count). The first kappa shape index (κ1) is 45.1. The first-order chi connectivity index (χ1) is 21.9. The SMILES string of the molecule is CCCCCCCCCCCCCCCCCCCCCCCCCCCCO.Cc1cc(CP(=O)(O)O)cc(C(C)(C)C)c1O. The average Bonchev–Trinajstić information content (AvgIpc) is 2.98. The van der Waals surface area contributed by atoms with Gasteiger partial charge in [0, 0.05) is 6.61 Å². The molecule has 0 amide bonds. The van der Waals surface area contributed by atoms with Crippen molar-refractivity contribution in [1.29, 1.82) is 0 Å². The summed E-state index contributed by atoms with van der Waals surface area (Å²) in [5, 5.41) is 18.7. The van der Waals surface area contributed by atoms with E-state index in [1.54, 1.807) is 19.1 Å². The number of hydrogen-bond acceptors (Lipinski definition) is 3.